The minimum Gasteiger partial charge on any atom is -0.465 e. The molecule has 108 valence electrons. The lowest BCUT2D eigenvalue weighted by Crippen LogP contribution is -2.08. The van der Waals surface area contributed by atoms with Gasteiger partial charge in [0.15, 0.2) is 0 Å². The van der Waals surface area contributed by atoms with Gasteiger partial charge in [0.1, 0.15) is 5.69 Å². The van der Waals surface area contributed by atoms with Crippen molar-refractivity contribution in [3.63, 3.8) is 0 Å². The molecule has 2 aromatic carbocycles. The first-order chi connectivity index (χ1) is 10.0. The molecular weight excluding hydrogens is 340 g/mol. The number of hydrogen-bond donors (Lipinski definition) is 1. The van der Waals surface area contributed by atoms with Gasteiger partial charge in [-0.25, -0.2) is 4.79 Å². The van der Waals surface area contributed by atoms with Gasteiger partial charge in [-0.05, 0) is 18.2 Å². The van der Waals surface area contributed by atoms with E-state index in [-0.39, 0.29) is 16.9 Å². The van der Waals surface area contributed by atoms with E-state index in [0.717, 1.165) is 0 Å². The van der Waals surface area contributed by atoms with Gasteiger partial charge in [0.2, 0.25) is 0 Å². The van der Waals surface area contributed by atoms with Crippen molar-refractivity contribution in [2.24, 2.45) is 0 Å². The average molecular weight is 351 g/mol. The molecule has 21 heavy (non-hydrogen) atoms. The van der Waals surface area contributed by atoms with Crippen LogP contribution >= 0.6 is 15.9 Å². The van der Waals surface area contributed by atoms with Crippen LogP contribution in [0.1, 0.15) is 10.4 Å². The second kappa shape index (κ2) is 6.36. The standard InChI is InChI=1S/C14H11BrN2O4/c1-21-14(18)11-7-9(15)8-12(17(19)20)13(11)16-10-5-3-2-4-6-10/h2-8,16H,1H3. The minimum absolute atomic E-state index is 0.0856. The summed E-state index contributed by atoms with van der Waals surface area (Å²) < 4.78 is 5.11. The maximum Gasteiger partial charge on any atom is 0.340 e. The van der Waals surface area contributed by atoms with E-state index in [1.165, 1.54) is 19.2 Å². The van der Waals surface area contributed by atoms with Crippen molar-refractivity contribution in [2.45, 2.75) is 0 Å². The number of esters is 1. The van der Waals surface area contributed by atoms with E-state index in [0.29, 0.717) is 10.2 Å². The lowest BCUT2D eigenvalue weighted by Gasteiger charge is -2.12. The van der Waals surface area contributed by atoms with E-state index < -0.39 is 10.9 Å². The monoisotopic (exact) mass is 350 g/mol. The predicted molar refractivity (Wildman–Crippen MR) is 81.9 cm³/mol. The fourth-order valence-electron chi connectivity index (χ4n) is 1.80. The van der Waals surface area contributed by atoms with Crippen molar-refractivity contribution in [3.05, 3.63) is 62.6 Å². The van der Waals surface area contributed by atoms with Crippen LogP contribution in [-0.2, 0) is 4.74 Å². The zero-order valence-corrected chi connectivity index (χ0v) is 12.6. The third-order valence-corrected chi connectivity index (χ3v) is 3.19. The Bertz CT molecular complexity index is 689. The molecule has 0 aliphatic rings. The summed E-state index contributed by atoms with van der Waals surface area (Å²) in [5.74, 6) is -0.655. The number of nitro groups is 1. The van der Waals surface area contributed by atoms with Crippen molar-refractivity contribution >= 4 is 39.0 Å². The molecule has 0 saturated carbocycles. The Morgan fingerprint density at radius 2 is 1.95 bits per heavy atom. The summed E-state index contributed by atoms with van der Waals surface area (Å²) in [6.07, 6.45) is 0. The number of halogens is 1. The van der Waals surface area contributed by atoms with E-state index in [4.69, 9.17) is 0 Å². The van der Waals surface area contributed by atoms with Crippen LogP contribution in [0.3, 0.4) is 0 Å². The molecule has 0 saturated heterocycles. The van der Waals surface area contributed by atoms with Crippen molar-refractivity contribution in [2.75, 3.05) is 12.4 Å². The number of anilines is 2. The SMILES string of the molecule is COC(=O)c1cc(Br)cc([N+](=O)[O-])c1Nc1ccccc1. The number of hydrogen-bond acceptors (Lipinski definition) is 5. The predicted octanol–water partition coefficient (Wildman–Crippen LogP) is 3.89. The first-order valence-corrected chi connectivity index (χ1v) is 6.70. The molecule has 0 fully saturated rings. The van der Waals surface area contributed by atoms with Gasteiger partial charge >= 0.3 is 5.97 Å². The smallest absolute Gasteiger partial charge is 0.340 e. The molecule has 2 aromatic rings. The Kier molecular flexibility index (Phi) is 4.54. The van der Waals surface area contributed by atoms with Crippen LogP contribution in [0.5, 0.6) is 0 Å². The maximum absolute atomic E-state index is 11.8. The maximum atomic E-state index is 11.8. The van der Waals surface area contributed by atoms with Crippen LogP contribution in [0.4, 0.5) is 17.1 Å². The topological polar surface area (TPSA) is 81.5 Å². The van der Waals surface area contributed by atoms with Crippen molar-refractivity contribution in [3.8, 4) is 0 Å². The number of rotatable bonds is 4. The highest BCUT2D eigenvalue weighted by atomic mass is 79.9. The molecule has 0 atom stereocenters. The first kappa shape index (κ1) is 15.0. The quantitative estimate of drug-likeness (QED) is 0.513. The molecule has 0 aliphatic carbocycles. The van der Waals surface area contributed by atoms with Gasteiger partial charge in [-0.1, -0.05) is 34.1 Å². The van der Waals surface area contributed by atoms with Crippen LogP contribution < -0.4 is 5.32 Å². The molecule has 7 heteroatoms. The average Bonchev–Trinajstić information content (AvgIpc) is 2.48. The second-order valence-electron chi connectivity index (χ2n) is 4.09. The molecule has 2 rings (SSSR count). The number of benzene rings is 2. The highest BCUT2D eigenvalue weighted by molar-refractivity contribution is 9.10. The van der Waals surface area contributed by atoms with Crippen molar-refractivity contribution < 1.29 is 14.5 Å². The van der Waals surface area contributed by atoms with E-state index in [9.17, 15) is 14.9 Å². The molecule has 0 unspecified atom stereocenters. The molecular formula is C14H11BrN2O4. The van der Waals surface area contributed by atoms with Crippen LogP contribution in [0.25, 0.3) is 0 Å². The summed E-state index contributed by atoms with van der Waals surface area (Å²) in [5.41, 5.74) is 0.602. The summed E-state index contributed by atoms with van der Waals surface area (Å²) >= 11 is 3.16. The highest BCUT2D eigenvalue weighted by Crippen LogP contribution is 2.35. The van der Waals surface area contributed by atoms with Crippen molar-refractivity contribution in [1.82, 2.24) is 0 Å². The summed E-state index contributed by atoms with van der Waals surface area (Å²) in [6, 6.07) is 11.7. The van der Waals surface area contributed by atoms with Gasteiger partial charge in [-0.3, -0.25) is 10.1 Å². The van der Waals surface area contributed by atoms with E-state index in [1.807, 2.05) is 6.07 Å². The van der Waals surface area contributed by atoms with Crippen LogP contribution in [-0.4, -0.2) is 18.0 Å². The van der Waals surface area contributed by atoms with Gasteiger partial charge in [-0.15, -0.1) is 0 Å². The Morgan fingerprint density at radius 1 is 1.29 bits per heavy atom. The zero-order chi connectivity index (χ0) is 15.4. The third-order valence-electron chi connectivity index (χ3n) is 2.73. The Hall–Kier alpha value is -2.41. The molecule has 0 spiro atoms. The van der Waals surface area contributed by atoms with Gasteiger partial charge < -0.3 is 10.1 Å². The number of nitrogens with one attached hydrogen (secondary N) is 1. The molecule has 0 aromatic heterocycles. The number of carbonyl (C=O) groups is 1. The zero-order valence-electron chi connectivity index (χ0n) is 11.0. The highest BCUT2D eigenvalue weighted by Gasteiger charge is 2.24. The number of para-hydroxylation sites is 1. The molecule has 0 heterocycles. The van der Waals surface area contributed by atoms with E-state index in [2.05, 4.69) is 26.0 Å². The van der Waals surface area contributed by atoms with Gasteiger partial charge in [0, 0.05) is 16.2 Å². The molecule has 0 radical (unpaired) electrons. The van der Waals surface area contributed by atoms with Gasteiger partial charge in [-0.2, -0.15) is 0 Å². The molecule has 0 bridgehead atoms. The van der Waals surface area contributed by atoms with E-state index >= 15 is 0 Å². The molecule has 6 nitrogen and oxygen atoms in total. The normalized spacial score (nSPS) is 10.0. The Balaban J connectivity index is 2.59. The second-order valence-corrected chi connectivity index (χ2v) is 5.00. The fourth-order valence-corrected chi connectivity index (χ4v) is 2.25. The van der Waals surface area contributed by atoms with Gasteiger partial charge in [0.25, 0.3) is 5.69 Å². The number of nitrogens with zero attached hydrogens (tertiary/aromatic N) is 1. The van der Waals surface area contributed by atoms with Crippen LogP contribution in [0.15, 0.2) is 46.9 Å². The Morgan fingerprint density at radius 3 is 2.52 bits per heavy atom. The largest absolute Gasteiger partial charge is 0.465 e. The summed E-state index contributed by atoms with van der Waals surface area (Å²) in [6.45, 7) is 0. The minimum atomic E-state index is -0.655. The molecule has 0 amide bonds. The number of carbonyl (C=O) groups excluding carboxylic acids is 1. The summed E-state index contributed by atoms with van der Waals surface area (Å²) in [5, 5.41) is 14.1. The van der Waals surface area contributed by atoms with Crippen LogP contribution in [0, 0.1) is 10.1 Å². The molecule has 0 aliphatic heterocycles. The summed E-state index contributed by atoms with van der Waals surface area (Å²) in [7, 11) is 1.22. The van der Waals surface area contributed by atoms with E-state index in [1.54, 1.807) is 24.3 Å². The first-order valence-electron chi connectivity index (χ1n) is 5.91. The molecule has 1 N–H and O–H groups in total. The third kappa shape index (κ3) is 3.38. The van der Waals surface area contributed by atoms with Gasteiger partial charge in [0.05, 0.1) is 17.6 Å². The fraction of sp³-hybridized carbons (Fsp3) is 0.0714. The van der Waals surface area contributed by atoms with Crippen molar-refractivity contribution in [1.29, 1.82) is 0 Å². The number of ether oxygens (including phenoxy) is 1. The lowest BCUT2D eigenvalue weighted by atomic mass is 10.1. The summed E-state index contributed by atoms with van der Waals surface area (Å²) in [4.78, 5) is 22.5. The number of methoxy groups -OCH3 is 1. The lowest BCUT2D eigenvalue weighted by molar-refractivity contribution is -0.384. The Labute approximate surface area is 129 Å². The number of nitro benzene ring substituents is 1. The van der Waals surface area contributed by atoms with Crippen LogP contribution in [0.2, 0.25) is 0 Å².